The van der Waals surface area contributed by atoms with Crippen molar-refractivity contribution in [2.45, 2.75) is 31.6 Å². The molecule has 0 saturated heterocycles. The first-order valence-corrected chi connectivity index (χ1v) is 15.6. The number of hydrogen-bond acceptors (Lipinski definition) is 5. The fourth-order valence-electron chi connectivity index (χ4n) is 5.19. The number of guanidine groups is 1. The number of nitrogens with zero attached hydrogens (tertiary/aromatic N) is 2. The normalized spacial score (nSPS) is 12.0. The van der Waals surface area contributed by atoms with Gasteiger partial charge < -0.3 is 31.4 Å². The van der Waals surface area contributed by atoms with Crippen LogP contribution in [0.2, 0.25) is 10.0 Å². The summed E-state index contributed by atoms with van der Waals surface area (Å²) in [4.78, 5) is 30.8. The van der Waals surface area contributed by atoms with E-state index in [4.69, 9.17) is 49.8 Å². The number of rotatable bonds is 12. The molecule has 1 unspecified atom stereocenters. The molecule has 0 aliphatic carbocycles. The monoisotopic (exact) mass is 711 g/mol. The molecule has 15 heteroatoms. The number of aromatic nitrogens is 2. The van der Waals surface area contributed by atoms with Crippen LogP contribution in [0.4, 0.5) is 13.2 Å². The number of primary amides is 1. The van der Waals surface area contributed by atoms with E-state index in [9.17, 15) is 22.8 Å². The summed E-state index contributed by atoms with van der Waals surface area (Å²) in [5.74, 6) is -0.135. The summed E-state index contributed by atoms with van der Waals surface area (Å²) in [5.41, 5.74) is 12.4. The van der Waals surface area contributed by atoms with Crippen molar-refractivity contribution in [2.75, 3.05) is 6.54 Å². The molecule has 1 atom stereocenters. The zero-order chi connectivity index (χ0) is 35.3. The molecule has 2 amide bonds. The van der Waals surface area contributed by atoms with Gasteiger partial charge in [-0.15, -0.1) is 0 Å². The molecule has 0 saturated carbocycles. The lowest BCUT2D eigenvalue weighted by Crippen LogP contribution is -2.32. The molecule has 49 heavy (non-hydrogen) atoms. The first kappa shape index (κ1) is 35.0. The summed E-state index contributed by atoms with van der Waals surface area (Å²) in [6, 6.07) is 20.3. The second kappa shape index (κ2) is 14.9. The molecule has 0 aliphatic rings. The van der Waals surface area contributed by atoms with Crippen molar-refractivity contribution in [3.8, 4) is 22.9 Å². The van der Waals surface area contributed by atoms with Gasteiger partial charge in [-0.3, -0.25) is 15.0 Å². The highest BCUT2D eigenvalue weighted by Gasteiger charge is 2.30. The first-order valence-electron chi connectivity index (χ1n) is 14.9. The summed E-state index contributed by atoms with van der Waals surface area (Å²) in [7, 11) is 0. The van der Waals surface area contributed by atoms with E-state index < -0.39 is 29.6 Å². The number of halogens is 5. The maximum Gasteiger partial charge on any atom is 0.416 e. The molecule has 4 aromatic carbocycles. The van der Waals surface area contributed by atoms with Crippen molar-refractivity contribution in [1.29, 1.82) is 5.41 Å². The van der Waals surface area contributed by atoms with E-state index in [0.29, 0.717) is 56.9 Å². The number of benzene rings is 4. The van der Waals surface area contributed by atoms with Gasteiger partial charge in [0.25, 0.3) is 5.91 Å². The molecule has 5 aromatic rings. The van der Waals surface area contributed by atoms with E-state index in [0.717, 1.165) is 12.1 Å². The molecular formula is C34H30Cl2F3N7O3. The fourth-order valence-corrected chi connectivity index (χ4v) is 5.48. The largest absolute Gasteiger partial charge is 0.457 e. The van der Waals surface area contributed by atoms with Gasteiger partial charge in [-0.25, -0.2) is 4.98 Å². The highest BCUT2D eigenvalue weighted by Crippen LogP contribution is 2.35. The van der Waals surface area contributed by atoms with Gasteiger partial charge in [0.15, 0.2) is 5.96 Å². The summed E-state index contributed by atoms with van der Waals surface area (Å²) in [6.45, 7) is 0.189. The number of imidazole rings is 1. The first-order chi connectivity index (χ1) is 23.3. The number of carbonyl (C=O) groups excluding carboxylic acids is 2. The van der Waals surface area contributed by atoms with E-state index >= 15 is 0 Å². The zero-order valence-corrected chi connectivity index (χ0v) is 27.2. The number of nitrogens with two attached hydrogens (primary N) is 2. The molecule has 0 fully saturated rings. The lowest BCUT2D eigenvalue weighted by molar-refractivity contribution is -0.137. The number of hydrogen-bond donors (Lipinski definition) is 5. The molecule has 0 aliphatic heterocycles. The summed E-state index contributed by atoms with van der Waals surface area (Å²) >= 11 is 12.2. The maximum atomic E-state index is 13.2. The van der Waals surface area contributed by atoms with E-state index in [1.54, 1.807) is 53.1 Å². The number of ether oxygens (including phenoxy) is 1. The van der Waals surface area contributed by atoms with Crippen LogP contribution in [-0.4, -0.2) is 33.9 Å². The van der Waals surface area contributed by atoms with Gasteiger partial charge >= 0.3 is 6.18 Å². The number of fused-ring (bicyclic) bond motifs is 1. The van der Waals surface area contributed by atoms with Crippen molar-refractivity contribution in [2.24, 2.45) is 11.5 Å². The molecule has 10 nitrogen and oxygen atoms in total. The molecule has 0 bridgehead atoms. The minimum absolute atomic E-state index is 0.135. The quantitative estimate of drug-likeness (QED) is 0.0530. The second-order valence-electron chi connectivity index (χ2n) is 11.0. The summed E-state index contributed by atoms with van der Waals surface area (Å²) in [5, 5.41) is 13.5. The van der Waals surface area contributed by atoms with Crippen LogP contribution in [-0.2, 0) is 17.5 Å². The number of alkyl halides is 3. The van der Waals surface area contributed by atoms with E-state index in [1.807, 2.05) is 0 Å². The number of amides is 2. The standard InChI is InChI=1S/C34H30Cl2F3N7O3/c35-25-11-10-24(17-26(25)36)49-23-7-2-5-20(15-23)31-45-27-16-21(32(48)44-18-19-4-1-6-22(14-19)34(37,38)39)9-12-28(27)46(31)29(30(40)47)8-3-13-43-33(41)42/h1-2,4-7,9-12,14-17,29H,3,8,13,18H2,(H2,40,47)(H,44,48)(H4,41,42,43). The van der Waals surface area contributed by atoms with Crippen molar-refractivity contribution in [3.05, 3.63) is 112 Å². The van der Waals surface area contributed by atoms with E-state index in [-0.39, 0.29) is 30.1 Å². The molecule has 1 heterocycles. The van der Waals surface area contributed by atoms with Gasteiger partial charge in [0.2, 0.25) is 5.91 Å². The Hall–Kier alpha value is -5.27. The fraction of sp³-hybridized carbons (Fsp3) is 0.176. The maximum absolute atomic E-state index is 13.2. The summed E-state index contributed by atoms with van der Waals surface area (Å²) < 4.78 is 47.2. The van der Waals surface area contributed by atoms with Crippen molar-refractivity contribution in [3.63, 3.8) is 0 Å². The molecule has 0 radical (unpaired) electrons. The van der Waals surface area contributed by atoms with Crippen molar-refractivity contribution in [1.82, 2.24) is 20.2 Å². The average molecular weight is 713 g/mol. The Morgan fingerprint density at radius 1 is 0.918 bits per heavy atom. The second-order valence-corrected chi connectivity index (χ2v) is 11.8. The van der Waals surface area contributed by atoms with E-state index in [1.165, 1.54) is 24.3 Å². The predicted octanol–water partition coefficient (Wildman–Crippen LogP) is 7.04. The van der Waals surface area contributed by atoms with Crippen LogP contribution in [0.25, 0.3) is 22.4 Å². The Morgan fingerprint density at radius 2 is 1.67 bits per heavy atom. The van der Waals surface area contributed by atoms with Crippen molar-refractivity contribution >= 4 is 52.0 Å². The van der Waals surface area contributed by atoms with Gasteiger partial charge in [-0.05, 0) is 73.0 Å². The number of nitrogens with one attached hydrogen (secondary N) is 3. The Balaban J connectivity index is 1.49. The predicted molar refractivity (Wildman–Crippen MR) is 182 cm³/mol. The molecule has 1 aromatic heterocycles. The molecule has 5 rings (SSSR count). The smallest absolute Gasteiger partial charge is 0.416 e. The molecule has 0 spiro atoms. The van der Waals surface area contributed by atoms with Crippen LogP contribution in [0.5, 0.6) is 11.5 Å². The highest BCUT2D eigenvalue weighted by molar-refractivity contribution is 6.42. The minimum Gasteiger partial charge on any atom is -0.457 e. The van der Waals surface area contributed by atoms with Crippen LogP contribution in [0.3, 0.4) is 0 Å². The van der Waals surface area contributed by atoms with Gasteiger partial charge in [-0.1, -0.05) is 47.5 Å². The van der Waals surface area contributed by atoms with Crippen LogP contribution < -0.4 is 26.8 Å². The average Bonchev–Trinajstić information content (AvgIpc) is 3.43. The van der Waals surface area contributed by atoms with Crippen LogP contribution in [0.1, 0.15) is 40.4 Å². The van der Waals surface area contributed by atoms with Crippen molar-refractivity contribution < 1.29 is 27.5 Å². The van der Waals surface area contributed by atoms with Gasteiger partial charge in [0.05, 0.1) is 26.6 Å². The third-order valence-corrected chi connectivity index (χ3v) is 8.23. The van der Waals surface area contributed by atoms with Crippen LogP contribution in [0, 0.1) is 5.41 Å². The van der Waals surface area contributed by atoms with Gasteiger partial charge in [0.1, 0.15) is 23.4 Å². The Labute approximate surface area is 288 Å². The summed E-state index contributed by atoms with van der Waals surface area (Å²) in [6.07, 6.45) is -3.81. The Kier molecular flexibility index (Phi) is 10.6. The van der Waals surface area contributed by atoms with Crippen LogP contribution >= 0.6 is 23.2 Å². The Morgan fingerprint density at radius 3 is 2.39 bits per heavy atom. The minimum atomic E-state index is -4.51. The topological polar surface area (TPSA) is 161 Å². The van der Waals surface area contributed by atoms with Gasteiger partial charge in [-0.2, -0.15) is 13.2 Å². The third-order valence-electron chi connectivity index (χ3n) is 7.49. The zero-order valence-electron chi connectivity index (χ0n) is 25.7. The molecule has 7 N–H and O–H groups in total. The van der Waals surface area contributed by atoms with E-state index in [2.05, 4.69) is 10.6 Å². The lowest BCUT2D eigenvalue weighted by Gasteiger charge is -2.20. The molecule has 254 valence electrons. The SMILES string of the molecule is N=C(N)NCCCC(C(N)=O)n1c(-c2cccc(Oc3ccc(Cl)c(Cl)c3)c2)nc2cc(C(=O)NCc3cccc(C(F)(F)F)c3)ccc21. The highest BCUT2D eigenvalue weighted by atomic mass is 35.5. The lowest BCUT2D eigenvalue weighted by atomic mass is 10.1. The Bertz CT molecular complexity index is 2030. The van der Waals surface area contributed by atoms with Gasteiger partial charge in [0, 0.05) is 30.3 Å². The third kappa shape index (κ3) is 8.61. The molecular weight excluding hydrogens is 682 g/mol. The number of carbonyl (C=O) groups is 2. The van der Waals surface area contributed by atoms with Crippen LogP contribution in [0.15, 0.2) is 84.9 Å².